The molecule has 0 radical (unpaired) electrons. The first-order valence-corrected chi connectivity index (χ1v) is 13.8. The molecule has 0 fully saturated rings. The minimum atomic E-state index is -3.52. The molecule has 3 aromatic rings. The normalized spacial score (nSPS) is 12.0. The highest BCUT2D eigenvalue weighted by atomic mass is 32.2. The molecule has 0 bridgehead atoms. The molecule has 0 saturated carbocycles. The Morgan fingerprint density at radius 1 is 1.00 bits per heavy atom. The fourth-order valence-corrected chi connectivity index (χ4v) is 4.87. The number of rotatable bonds is 11. The van der Waals surface area contributed by atoms with Gasteiger partial charge in [-0.2, -0.15) is 0 Å². The zero-order valence-electron chi connectivity index (χ0n) is 21.4. The van der Waals surface area contributed by atoms with Crippen molar-refractivity contribution >= 4 is 21.6 Å². The van der Waals surface area contributed by atoms with Crippen LogP contribution in [0.3, 0.4) is 0 Å². The topological polar surface area (TPSA) is 84.9 Å². The number of carbonyl (C=O) groups is 1. The number of ether oxygens (including phenoxy) is 2. The third-order valence-corrected chi connectivity index (χ3v) is 7.05. The Morgan fingerprint density at radius 3 is 2.19 bits per heavy atom. The van der Waals surface area contributed by atoms with Gasteiger partial charge in [-0.1, -0.05) is 31.2 Å². The van der Waals surface area contributed by atoms with Crippen LogP contribution in [0.25, 0.3) is 0 Å². The van der Waals surface area contributed by atoms with E-state index >= 15 is 0 Å². The molecule has 1 unspecified atom stereocenters. The number of benzene rings is 3. The van der Waals surface area contributed by atoms with Crippen LogP contribution in [0.5, 0.6) is 11.5 Å². The van der Waals surface area contributed by atoms with Crippen LogP contribution in [-0.2, 0) is 16.6 Å². The molecule has 0 aliphatic carbocycles. The second-order valence-corrected chi connectivity index (χ2v) is 10.5. The Hall–Kier alpha value is -3.52. The summed E-state index contributed by atoms with van der Waals surface area (Å²) in [6.07, 6.45) is 1.91. The van der Waals surface area contributed by atoms with Gasteiger partial charge in [0.25, 0.3) is 5.91 Å². The van der Waals surface area contributed by atoms with Crippen molar-refractivity contribution in [2.24, 2.45) is 0 Å². The predicted molar refractivity (Wildman–Crippen MR) is 143 cm³/mol. The van der Waals surface area contributed by atoms with Gasteiger partial charge in [0.05, 0.1) is 38.2 Å². The molecule has 0 spiro atoms. The molecule has 0 aliphatic rings. The standard InChI is InChI=1S/C28H34N2O5S/c1-6-26(23-12-17-27(34-4)20(3)18-23)29-28(31)22-10-8-21(9-11-22)19-30(36(5,32)33)24-13-15-25(16-14-24)35-7-2/h8-18,26H,6-7,19H2,1-5H3,(H,29,31). The average Bonchev–Trinajstić information content (AvgIpc) is 2.86. The Kier molecular flexibility index (Phi) is 8.98. The summed E-state index contributed by atoms with van der Waals surface area (Å²) < 4.78 is 37.1. The Balaban J connectivity index is 1.73. The van der Waals surface area contributed by atoms with Crippen molar-refractivity contribution in [3.63, 3.8) is 0 Å². The number of hydrogen-bond acceptors (Lipinski definition) is 5. The lowest BCUT2D eigenvalue weighted by Crippen LogP contribution is -2.29. The van der Waals surface area contributed by atoms with Gasteiger partial charge in [-0.05, 0) is 79.4 Å². The third-order valence-electron chi connectivity index (χ3n) is 5.91. The van der Waals surface area contributed by atoms with Gasteiger partial charge < -0.3 is 14.8 Å². The van der Waals surface area contributed by atoms with Crippen molar-refractivity contribution in [2.45, 2.75) is 39.8 Å². The van der Waals surface area contributed by atoms with Crippen molar-refractivity contribution in [3.05, 3.63) is 89.0 Å². The van der Waals surface area contributed by atoms with Gasteiger partial charge in [-0.25, -0.2) is 8.42 Å². The van der Waals surface area contributed by atoms with E-state index < -0.39 is 10.0 Å². The molecule has 0 saturated heterocycles. The lowest BCUT2D eigenvalue weighted by molar-refractivity contribution is 0.0935. The maximum absolute atomic E-state index is 12.9. The number of sulfonamides is 1. The summed E-state index contributed by atoms with van der Waals surface area (Å²) in [6.45, 7) is 6.57. The van der Waals surface area contributed by atoms with E-state index in [0.29, 0.717) is 23.6 Å². The highest BCUT2D eigenvalue weighted by molar-refractivity contribution is 7.92. The number of carbonyl (C=O) groups excluding carboxylic acids is 1. The van der Waals surface area contributed by atoms with E-state index in [2.05, 4.69) is 5.32 Å². The fourth-order valence-electron chi connectivity index (χ4n) is 3.98. The molecule has 3 aromatic carbocycles. The zero-order valence-corrected chi connectivity index (χ0v) is 22.3. The fraction of sp³-hybridized carbons (Fsp3) is 0.321. The van der Waals surface area contributed by atoms with E-state index in [1.54, 1.807) is 55.6 Å². The number of aryl methyl sites for hydroxylation is 1. The van der Waals surface area contributed by atoms with Crippen molar-refractivity contribution < 1.29 is 22.7 Å². The summed E-state index contributed by atoms with van der Waals surface area (Å²) in [5, 5.41) is 3.09. The van der Waals surface area contributed by atoms with Crippen molar-refractivity contribution in [1.82, 2.24) is 5.32 Å². The second-order valence-electron chi connectivity index (χ2n) is 8.56. The van der Waals surface area contributed by atoms with Crippen LogP contribution in [-0.4, -0.2) is 34.3 Å². The molecular formula is C28H34N2O5S. The SMILES string of the molecule is CCOc1ccc(N(Cc2ccc(C(=O)NC(CC)c3ccc(OC)c(C)c3)cc2)S(C)(=O)=O)cc1. The lowest BCUT2D eigenvalue weighted by atomic mass is 10.0. The van der Waals surface area contributed by atoms with Crippen LogP contribution in [0.1, 0.15) is 53.4 Å². The monoisotopic (exact) mass is 510 g/mol. The van der Waals surface area contributed by atoms with Gasteiger partial charge in [0.15, 0.2) is 0 Å². The van der Waals surface area contributed by atoms with E-state index in [1.807, 2.05) is 39.0 Å². The van der Waals surface area contributed by atoms with E-state index in [1.165, 1.54) is 10.6 Å². The summed E-state index contributed by atoms with van der Waals surface area (Å²) in [4.78, 5) is 12.9. The minimum Gasteiger partial charge on any atom is -0.496 e. The smallest absolute Gasteiger partial charge is 0.251 e. The molecule has 0 aromatic heterocycles. The van der Waals surface area contributed by atoms with E-state index in [-0.39, 0.29) is 18.5 Å². The summed E-state index contributed by atoms with van der Waals surface area (Å²) in [5.41, 5.74) is 3.84. The minimum absolute atomic E-state index is 0.137. The molecule has 0 aliphatic heterocycles. The summed E-state index contributed by atoms with van der Waals surface area (Å²) in [5.74, 6) is 1.30. The van der Waals surface area contributed by atoms with Gasteiger partial charge in [0.2, 0.25) is 10.0 Å². The first-order chi connectivity index (χ1) is 17.2. The maximum Gasteiger partial charge on any atom is 0.251 e. The van der Waals surface area contributed by atoms with Crippen molar-refractivity contribution in [2.75, 3.05) is 24.3 Å². The largest absolute Gasteiger partial charge is 0.496 e. The first kappa shape index (κ1) is 27.1. The van der Waals surface area contributed by atoms with Gasteiger partial charge >= 0.3 is 0 Å². The van der Waals surface area contributed by atoms with Gasteiger partial charge in [0, 0.05) is 5.56 Å². The van der Waals surface area contributed by atoms with Gasteiger partial charge in [-0.15, -0.1) is 0 Å². The Morgan fingerprint density at radius 2 is 1.67 bits per heavy atom. The van der Waals surface area contributed by atoms with Crippen LogP contribution in [0.15, 0.2) is 66.7 Å². The summed E-state index contributed by atoms with van der Waals surface area (Å²) in [7, 11) is -1.89. The molecule has 7 nitrogen and oxygen atoms in total. The van der Waals surface area contributed by atoms with Gasteiger partial charge in [-0.3, -0.25) is 9.10 Å². The van der Waals surface area contributed by atoms with E-state index in [0.717, 1.165) is 28.9 Å². The molecule has 1 atom stereocenters. The lowest BCUT2D eigenvalue weighted by Gasteiger charge is -2.23. The zero-order chi connectivity index (χ0) is 26.3. The number of hydrogen-bond donors (Lipinski definition) is 1. The molecule has 0 heterocycles. The summed E-state index contributed by atoms with van der Waals surface area (Å²) >= 11 is 0. The first-order valence-electron chi connectivity index (χ1n) is 11.9. The molecule has 8 heteroatoms. The number of nitrogens with one attached hydrogen (secondary N) is 1. The van der Waals surface area contributed by atoms with Crippen molar-refractivity contribution in [1.29, 1.82) is 0 Å². The highest BCUT2D eigenvalue weighted by Crippen LogP contribution is 2.26. The second kappa shape index (κ2) is 11.9. The highest BCUT2D eigenvalue weighted by Gasteiger charge is 2.19. The molecule has 1 N–H and O–H groups in total. The average molecular weight is 511 g/mol. The van der Waals surface area contributed by atoms with Crippen LogP contribution in [0.2, 0.25) is 0 Å². The van der Waals surface area contributed by atoms with E-state index in [4.69, 9.17) is 9.47 Å². The predicted octanol–water partition coefficient (Wildman–Crippen LogP) is 5.25. The summed E-state index contributed by atoms with van der Waals surface area (Å²) in [6, 6.07) is 19.7. The molecule has 192 valence electrons. The number of amides is 1. The van der Waals surface area contributed by atoms with E-state index in [9.17, 15) is 13.2 Å². The van der Waals surface area contributed by atoms with Crippen molar-refractivity contribution in [3.8, 4) is 11.5 Å². The third kappa shape index (κ3) is 6.79. The Labute approximate surface area is 214 Å². The number of methoxy groups -OCH3 is 1. The number of anilines is 1. The van der Waals surface area contributed by atoms with Crippen LogP contribution < -0.4 is 19.1 Å². The van der Waals surface area contributed by atoms with Crippen LogP contribution in [0.4, 0.5) is 5.69 Å². The van der Waals surface area contributed by atoms with Crippen LogP contribution >= 0.6 is 0 Å². The Bertz CT molecular complexity index is 1270. The molecule has 1 amide bonds. The molecule has 36 heavy (non-hydrogen) atoms. The van der Waals surface area contributed by atoms with Gasteiger partial charge in [0.1, 0.15) is 11.5 Å². The molecular weight excluding hydrogens is 476 g/mol. The molecule has 3 rings (SSSR count). The van der Waals surface area contributed by atoms with Crippen LogP contribution in [0, 0.1) is 6.92 Å². The maximum atomic E-state index is 12.9. The quantitative estimate of drug-likeness (QED) is 0.381. The number of nitrogens with zero attached hydrogens (tertiary/aromatic N) is 1.